The molecule has 1 aromatic carbocycles. The average Bonchev–Trinajstić information content (AvgIpc) is 2.85. The van der Waals surface area contributed by atoms with Crippen LogP contribution in [0.2, 0.25) is 0 Å². The topological polar surface area (TPSA) is 47.3 Å². The Bertz CT molecular complexity index is 364. The highest BCUT2D eigenvalue weighted by Crippen LogP contribution is 2.23. The third-order valence-electron chi connectivity index (χ3n) is 3.92. The molecule has 3 N–H and O–H groups in total. The van der Waals surface area contributed by atoms with Crippen LogP contribution in [0.3, 0.4) is 0 Å². The van der Waals surface area contributed by atoms with Crippen LogP contribution < -0.4 is 11.1 Å². The van der Waals surface area contributed by atoms with E-state index >= 15 is 0 Å². The first kappa shape index (κ1) is 13.5. The van der Waals surface area contributed by atoms with Gasteiger partial charge in [-0.3, -0.25) is 0 Å². The van der Waals surface area contributed by atoms with Crippen molar-refractivity contribution in [3.8, 4) is 0 Å². The molecule has 3 atom stereocenters. The Balaban J connectivity index is 1.93. The van der Waals surface area contributed by atoms with Crippen LogP contribution in [0.1, 0.15) is 31.7 Å². The molecule has 1 aliphatic carbocycles. The summed E-state index contributed by atoms with van der Waals surface area (Å²) in [6.45, 7) is 2.85. The first-order valence-corrected chi connectivity index (χ1v) is 6.74. The van der Waals surface area contributed by atoms with E-state index in [9.17, 15) is 0 Å². The summed E-state index contributed by atoms with van der Waals surface area (Å²) in [6.07, 6.45) is 3.92. The molecule has 18 heavy (non-hydrogen) atoms. The fraction of sp³-hybridized carbons (Fsp3) is 0.600. The first-order chi connectivity index (χ1) is 8.63. The van der Waals surface area contributed by atoms with E-state index in [4.69, 9.17) is 10.5 Å². The second-order valence-electron chi connectivity index (χ2n) is 5.48. The Kier molecular flexibility index (Phi) is 4.38. The van der Waals surface area contributed by atoms with Crippen molar-refractivity contribution in [2.75, 3.05) is 13.7 Å². The van der Waals surface area contributed by atoms with Crippen LogP contribution in [0.25, 0.3) is 0 Å². The van der Waals surface area contributed by atoms with Crippen molar-refractivity contribution in [2.24, 2.45) is 5.73 Å². The SMILES string of the molecule is COC1CCCC1NCC(C)(N)c1ccccc1. The molecule has 0 saturated heterocycles. The maximum atomic E-state index is 6.40. The van der Waals surface area contributed by atoms with Crippen molar-refractivity contribution < 1.29 is 4.74 Å². The molecule has 0 bridgehead atoms. The average molecular weight is 248 g/mol. The van der Waals surface area contributed by atoms with Gasteiger partial charge in [0.2, 0.25) is 0 Å². The molecule has 1 aliphatic rings. The molecule has 0 radical (unpaired) electrons. The van der Waals surface area contributed by atoms with E-state index in [1.165, 1.54) is 18.4 Å². The van der Waals surface area contributed by atoms with Crippen molar-refractivity contribution in [2.45, 2.75) is 43.9 Å². The maximum Gasteiger partial charge on any atom is 0.0724 e. The van der Waals surface area contributed by atoms with Crippen molar-refractivity contribution in [1.82, 2.24) is 5.32 Å². The van der Waals surface area contributed by atoms with E-state index in [0.29, 0.717) is 12.1 Å². The van der Waals surface area contributed by atoms with Gasteiger partial charge in [-0.25, -0.2) is 0 Å². The molecule has 1 saturated carbocycles. The molecule has 0 heterocycles. The van der Waals surface area contributed by atoms with E-state index in [0.717, 1.165) is 13.0 Å². The number of ether oxygens (including phenoxy) is 1. The normalized spacial score (nSPS) is 27.1. The van der Waals surface area contributed by atoms with E-state index < -0.39 is 0 Å². The molecule has 2 rings (SSSR count). The Hall–Kier alpha value is -0.900. The zero-order chi connectivity index (χ0) is 13.0. The number of nitrogens with one attached hydrogen (secondary N) is 1. The predicted octanol–water partition coefficient (Wildman–Crippen LogP) is 2.02. The van der Waals surface area contributed by atoms with Gasteiger partial charge in [0.15, 0.2) is 0 Å². The molecular formula is C15H24N2O. The lowest BCUT2D eigenvalue weighted by atomic mass is 9.93. The van der Waals surface area contributed by atoms with Gasteiger partial charge < -0.3 is 15.8 Å². The smallest absolute Gasteiger partial charge is 0.0724 e. The number of hydrogen-bond acceptors (Lipinski definition) is 3. The summed E-state index contributed by atoms with van der Waals surface area (Å²) in [5.74, 6) is 0. The second-order valence-corrected chi connectivity index (χ2v) is 5.48. The Morgan fingerprint density at radius 2 is 2.06 bits per heavy atom. The van der Waals surface area contributed by atoms with Gasteiger partial charge >= 0.3 is 0 Å². The molecule has 3 unspecified atom stereocenters. The van der Waals surface area contributed by atoms with E-state index in [1.807, 2.05) is 18.2 Å². The molecule has 3 heteroatoms. The molecule has 3 nitrogen and oxygen atoms in total. The summed E-state index contributed by atoms with van der Waals surface area (Å²) >= 11 is 0. The zero-order valence-electron chi connectivity index (χ0n) is 11.4. The summed E-state index contributed by atoms with van der Waals surface area (Å²) in [5.41, 5.74) is 7.24. The van der Waals surface area contributed by atoms with Crippen LogP contribution in [0, 0.1) is 0 Å². The highest BCUT2D eigenvalue weighted by Gasteiger charge is 2.29. The van der Waals surface area contributed by atoms with Gasteiger partial charge in [0.1, 0.15) is 0 Å². The Morgan fingerprint density at radius 1 is 1.33 bits per heavy atom. The third kappa shape index (κ3) is 3.10. The predicted molar refractivity (Wildman–Crippen MR) is 74.4 cm³/mol. The fourth-order valence-electron chi connectivity index (χ4n) is 2.71. The van der Waals surface area contributed by atoms with Crippen LogP contribution in [0.4, 0.5) is 0 Å². The van der Waals surface area contributed by atoms with E-state index in [1.54, 1.807) is 7.11 Å². The zero-order valence-corrected chi connectivity index (χ0v) is 11.4. The molecule has 0 aliphatic heterocycles. The van der Waals surface area contributed by atoms with Gasteiger partial charge in [-0.2, -0.15) is 0 Å². The molecule has 100 valence electrons. The minimum Gasteiger partial charge on any atom is -0.380 e. The standard InChI is InChI=1S/C15H24N2O/c1-15(16,12-7-4-3-5-8-12)11-17-13-9-6-10-14(13)18-2/h3-5,7-8,13-14,17H,6,9-11,16H2,1-2H3. The Labute approximate surface area is 110 Å². The maximum absolute atomic E-state index is 6.40. The highest BCUT2D eigenvalue weighted by atomic mass is 16.5. The lowest BCUT2D eigenvalue weighted by Gasteiger charge is -2.29. The number of nitrogens with two attached hydrogens (primary N) is 1. The highest BCUT2D eigenvalue weighted by molar-refractivity contribution is 5.23. The molecule has 1 aromatic rings. The van der Waals surface area contributed by atoms with Crippen molar-refractivity contribution in [3.63, 3.8) is 0 Å². The second kappa shape index (κ2) is 5.83. The largest absolute Gasteiger partial charge is 0.380 e. The lowest BCUT2D eigenvalue weighted by Crippen LogP contribution is -2.48. The number of methoxy groups -OCH3 is 1. The summed E-state index contributed by atoms with van der Waals surface area (Å²) < 4.78 is 5.49. The fourth-order valence-corrected chi connectivity index (χ4v) is 2.71. The van der Waals surface area contributed by atoms with Crippen molar-refractivity contribution in [3.05, 3.63) is 35.9 Å². The molecule has 1 fully saturated rings. The number of hydrogen-bond donors (Lipinski definition) is 2. The van der Waals surface area contributed by atoms with Gasteiger partial charge in [0.05, 0.1) is 11.6 Å². The van der Waals surface area contributed by atoms with Crippen LogP contribution in [-0.4, -0.2) is 25.8 Å². The summed E-state index contributed by atoms with van der Waals surface area (Å²) in [6, 6.07) is 10.7. The molecule has 0 amide bonds. The summed E-state index contributed by atoms with van der Waals surface area (Å²) in [5, 5.41) is 3.57. The monoisotopic (exact) mass is 248 g/mol. The quantitative estimate of drug-likeness (QED) is 0.838. The molecule has 0 aromatic heterocycles. The number of benzene rings is 1. The van der Waals surface area contributed by atoms with Crippen LogP contribution in [0.15, 0.2) is 30.3 Å². The van der Waals surface area contributed by atoms with Crippen molar-refractivity contribution in [1.29, 1.82) is 0 Å². The summed E-state index contributed by atoms with van der Waals surface area (Å²) in [4.78, 5) is 0. The summed E-state index contributed by atoms with van der Waals surface area (Å²) in [7, 11) is 1.80. The van der Waals surface area contributed by atoms with Gasteiger partial charge in [-0.05, 0) is 31.7 Å². The van der Waals surface area contributed by atoms with E-state index in [-0.39, 0.29) is 5.54 Å². The van der Waals surface area contributed by atoms with Crippen LogP contribution in [-0.2, 0) is 10.3 Å². The molecular weight excluding hydrogens is 224 g/mol. The molecule has 0 spiro atoms. The Morgan fingerprint density at radius 3 is 2.72 bits per heavy atom. The minimum atomic E-state index is -0.331. The lowest BCUT2D eigenvalue weighted by molar-refractivity contribution is 0.0834. The van der Waals surface area contributed by atoms with E-state index in [2.05, 4.69) is 24.4 Å². The van der Waals surface area contributed by atoms with Crippen LogP contribution >= 0.6 is 0 Å². The number of rotatable bonds is 5. The van der Waals surface area contributed by atoms with Gasteiger partial charge in [-0.1, -0.05) is 30.3 Å². The third-order valence-corrected chi connectivity index (χ3v) is 3.92. The van der Waals surface area contributed by atoms with Gasteiger partial charge in [-0.15, -0.1) is 0 Å². The van der Waals surface area contributed by atoms with Crippen molar-refractivity contribution >= 4 is 0 Å². The van der Waals surface area contributed by atoms with Gasteiger partial charge in [0.25, 0.3) is 0 Å². The minimum absolute atomic E-state index is 0.331. The van der Waals surface area contributed by atoms with Gasteiger partial charge in [0, 0.05) is 19.7 Å². The van der Waals surface area contributed by atoms with Crippen LogP contribution in [0.5, 0.6) is 0 Å². The first-order valence-electron chi connectivity index (χ1n) is 6.74.